The number of thioether (sulfide) groups is 1. The van der Waals surface area contributed by atoms with E-state index in [-0.39, 0.29) is 16.5 Å². The Balaban J connectivity index is 1.93. The molecule has 1 fully saturated rings. The van der Waals surface area contributed by atoms with Crippen LogP contribution in [0.25, 0.3) is 5.76 Å². The highest BCUT2D eigenvalue weighted by Crippen LogP contribution is 2.43. The highest BCUT2D eigenvalue weighted by molar-refractivity contribution is 8.00. The van der Waals surface area contributed by atoms with Gasteiger partial charge in [0.1, 0.15) is 11.6 Å². The summed E-state index contributed by atoms with van der Waals surface area (Å²) in [5.41, 5.74) is 0.803. The predicted octanol–water partition coefficient (Wildman–Crippen LogP) is 4.03. The molecule has 1 aromatic heterocycles. The number of carbonyl (C=O) groups is 2. The fraction of sp³-hybridized carbons (Fsp3) is 0.100. The van der Waals surface area contributed by atoms with Crippen molar-refractivity contribution < 1.29 is 19.1 Å². The van der Waals surface area contributed by atoms with Crippen LogP contribution < -0.4 is 4.90 Å². The van der Waals surface area contributed by atoms with Crippen LogP contribution in [0.5, 0.6) is 0 Å². The Kier molecular flexibility index (Phi) is 5.16. The van der Waals surface area contributed by atoms with Gasteiger partial charge in [-0.3, -0.25) is 14.5 Å². The molecule has 1 saturated heterocycles. The zero-order valence-corrected chi connectivity index (χ0v) is 16.7. The number of benzene rings is 2. The summed E-state index contributed by atoms with van der Waals surface area (Å²) in [5, 5.41) is 19.1. The first-order valence-corrected chi connectivity index (χ1v) is 10.5. The molecule has 1 aliphatic rings. The maximum absolute atomic E-state index is 13.5. The van der Waals surface area contributed by atoms with Crippen molar-refractivity contribution in [2.75, 3.05) is 11.2 Å². The van der Waals surface area contributed by atoms with Crippen molar-refractivity contribution in [3.63, 3.8) is 0 Å². The molecule has 2 aromatic carbocycles. The maximum Gasteiger partial charge on any atom is 0.301 e. The molecule has 1 N–H and O–H groups in total. The second-order valence-electron chi connectivity index (χ2n) is 6.14. The van der Waals surface area contributed by atoms with Gasteiger partial charge in [0, 0.05) is 5.56 Å². The quantitative estimate of drug-likeness (QED) is 0.223. The third kappa shape index (κ3) is 3.43. The van der Waals surface area contributed by atoms with Gasteiger partial charge in [-0.25, -0.2) is 4.39 Å². The van der Waals surface area contributed by atoms with E-state index in [0.29, 0.717) is 15.5 Å². The molecule has 1 aliphatic heterocycles. The number of hydrogen-bond acceptors (Lipinski definition) is 7. The van der Waals surface area contributed by atoms with Gasteiger partial charge in [-0.15, -0.1) is 10.2 Å². The number of halogens is 1. The van der Waals surface area contributed by atoms with Crippen molar-refractivity contribution in [3.8, 4) is 0 Å². The van der Waals surface area contributed by atoms with Crippen molar-refractivity contribution in [1.29, 1.82) is 0 Å². The number of aliphatic hydroxyl groups excluding tert-OH is 1. The van der Waals surface area contributed by atoms with Crippen molar-refractivity contribution in [1.82, 2.24) is 10.2 Å². The van der Waals surface area contributed by atoms with E-state index >= 15 is 0 Å². The van der Waals surface area contributed by atoms with Crippen LogP contribution in [0.1, 0.15) is 17.2 Å². The van der Waals surface area contributed by atoms with Gasteiger partial charge in [-0.1, -0.05) is 65.6 Å². The number of carbonyl (C=O) groups excluding carboxylic acids is 2. The largest absolute Gasteiger partial charge is 0.507 e. The molecule has 1 atom stereocenters. The van der Waals surface area contributed by atoms with Crippen molar-refractivity contribution in [2.45, 2.75) is 10.4 Å². The molecule has 0 aliphatic carbocycles. The van der Waals surface area contributed by atoms with Crippen LogP contribution in [0.2, 0.25) is 0 Å². The van der Waals surface area contributed by atoms with Crippen LogP contribution in [-0.4, -0.2) is 33.3 Å². The molecule has 9 heteroatoms. The molecule has 146 valence electrons. The van der Waals surface area contributed by atoms with E-state index in [9.17, 15) is 19.1 Å². The molecule has 0 bridgehead atoms. The number of aliphatic hydroxyl groups is 1. The minimum absolute atomic E-state index is 0.0753. The zero-order valence-electron chi connectivity index (χ0n) is 15.1. The summed E-state index contributed by atoms with van der Waals surface area (Å²) in [6, 6.07) is 13.0. The van der Waals surface area contributed by atoms with Crippen LogP contribution in [0, 0.1) is 5.82 Å². The van der Waals surface area contributed by atoms with Crippen LogP contribution in [-0.2, 0) is 9.59 Å². The lowest BCUT2D eigenvalue weighted by atomic mass is 9.95. The highest BCUT2D eigenvalue weighted by Gasteiger charge is 2.48. The normalized spacial score (nSPS) is 18.4. The molecule has 2 heterocycles. The Morgan fingerprint density at radius 3 is 2.41 bits per heavy atom. The molecular weight excluding hydrogens is 413 g/mol. The molecule has 29 heavy (non-hydrogen) atoms. The van der Waals surface area contributed by atoms with E-state index in [4.69, 9.17) is 0 Å². The number of hydrogen-bond donors (Lipinski definition) is 1. The van der Waals surface area contributed by atoms with E-state index in [1.165, 1.54) is 40.9 Å². The SMILES string of the molecule is CSc1nnc(N2C(=O)C(=O)/C(=C(/O)c3ccccc3)[C@H]2c2ccc(F)cc2)s1. The molecule has 0 spiro atoms. The number of amides is 1. The lowest BCUT2D eigenvalue weighted by Crippen LogP contribution is -2.29. The first-order chi connectivity index (χ1) is 14.0. The van der Waals surface area contributed by atoms with Crippen LogP contribution in [0.3, 0.4) is 0 Å². The van der Waals surface area contributed by atoms with Gasteiger partial charge in [0.05, 0.1) is 11.6 Å². The summed E-state index contributed by atoms with van der Waals surface area (Å²) in [6.07, 6.45) is 1.82. The number of ketones is 1. The molecule has 1 amide bonds. The summed E-state index contributed by atoms with van der Waals surface area (Å²) in [5.74, 6) is -2.40. The minimum atomic E-state index is -0.946. The van der Waals surface area contributed by atoms with Crippen molar-refractivity contribution in [2.24, 2.45) is 0 Å². The second-order valence-corrected chi connectivity index (χ2v) is 8.15. The predicted molar refractivity (Wildman–Crippen MR) is 109 cm³/mol. The summed E-state index contributed by atoms with van der Waals surface area (Å²) < 4.78 is 14.1. The Bertz CT molecular complexity index is 1110. The zero-order chi connectivity index (χ0) is 20.5. The van der Waals surface area contributed by atoms with E-state index in [1.54, 1.807) is 30.3 Å². The smallest absolute Gasteiger partial charge is 0.301 e. The number of aromatic nitrogens is 2. The molecule has 0 radical (unpaired) electrons. The van der Waals surface area contributed by atoms with Crippen molar-refractivity contribution >= 4 is 45.7 Å². The lowest BCUT2D eigenvalue weighted by Gasteiger charge is -2.22. The summed E-state index contributed by atoms with van der Waals surface area (Å²) in [7, 11) is 0. The number of nitrogens with zero attached hydrogens (tertiary/aromatic N) is 3. The second kappa shape index (κ2) is 7.76. The van der Waals surface area contributed by atoms with E-state index in [0.717, 1.165) is 11.3 Å². The summed E-state index contributed by atoms with van der Waals surface area (Å²) >= 11 is 2.53. The Labute approximate surface area is 173 Å². The van der Waals surface area contributed by atoms with E-state index in [1.807, 2.05) is 6.26 Å². The van der Waals surface area contributed by atoms with Gasteiger partial charge in [0.15, 0.2) is 4.34 Å². The number of Topliss-reactive ketones (excluding diaryl/α,β-unsaturated/α-hetero) is 1. The third-order valence-corrected chi connectivity index (χ3v) is 6.35. The Hall–Kier alpha value is -3.04. The fourth-order valence-electron chi connectivity index (χ4n) is 3.12. The number of anilines is 1. The minimum Gasteiger partial charge on any atom is -0.507 e. The van der Waals surface area contributed by atoms with Crippen LogP contribution >= 0.6 is 23.1 Å². The average Bonchev–Trinajstić information content (AvgIpc) is 3.32. The highest BCUT2D eigenvalue weighted by atomic mass is 32.2. The lowest BCUT2D eigenvalue weighted by molar-refractivity contribution is -0.132. The third-order valence-electron chi connectivity index (χ3n) is 4.45. The molecule has 0 unspecified atom stereocenters. The van der Waals surface area contributed by atoms with Gasteiger partial charge in [0.2, 0.25) is 5.13 Å². The average molecular weight is 427 g/mol. The van der Waals surface area contributed by atoms with Crippen LogP contribution in [0.15, 0.2) is 64.5 Å². The molecular formula is C20H14FN3O3S2. The molecule has 0 saturated carbocycles. The van der Waals surface area contributed by atoms with Gasteiger partial charge >= 0.3 is 5.91 Å². The first-order valence-electron chi connectivity index (χ1n) is 8.50. The molecule has 6 nitrogen and oxygen atoms in total. The van der Waals surface area contributed by atoms with Crippen LogP contribution in [0.4, 0.5) is 9.52 Å². The fourth-order valence-corrected chi connectivity index (χ4v) is 4.41. The first kappa shape index (κ1) is 19.3. The van der Waals surface area contributed by atoms with Gasteiger partial charge in [-0.2, -0.15) is 0 Å². The molecule has 3 aromatic rings. The maximum atomic E-state index is 13.5. The Morgan fingerprint density at radius 1 is 1.10 bits per heavy atom. The van der Waals surface area contributed by atoms with Gasteiger partial charge in [0.25, 0.3) is 5.78 Å². The van der Waals surface area contributed by atoms with Gasteiger partial charge in [-0.05, 0) is 24.0 Å². The molecule has 4 rings (SSSR count). The van der Waals surface area contributed by atoms with Gasteiger partial charge < -0.3 is 5.11 Å². The standard InChI is InChI=1S/C20H14FN3O3S2/c1-28-20-23-22-19(29-20)24-15(11-7-9-13(21)10-8-11)14(17(26)18(24)27)16(25)12-5-3-2-4-6-12/h2-10,15,25H,1H3/b16-14+/t15-/m1/s1. The summed E-state index contributed by atoms with van der Waals surface area (Å²) in [6.45, 7) is 0. The summed E-state index contributed by atoms with van der Waals surface area (Å²) in [4.78, 5) is 27.0. The van der Waals surface area contributed by atoms with E-state index < -0.39 is 23.5 Å². The topological polar surface area (TPSA) is 83.4 Å². The monoisotopic (exact) mass is 427 g/mol. The Morgan fingerprint density at radius 2 is 1.79 bits per heavy atom. The number of rotatable bonds is 4. The van der Waals surface area contributed by atoms with Crippen molar-refractivity contribution in [3.05, 3.63) is 77.1 Å². The van der Waals surface area contributed by atoms with E-state index in [2.05, 4.69) is 10.2 Å².